The van der Waals surface area contributed by atoms with E-state index < -0.39 is 5.97 Å². The van der Waals surface area contributed by atoms with E-state index in [0.29, 0.717) is 23.9 Å². The van der Waals surface area contributed by atoms with Gasteiger partial charge in [0.15, 0.2) is 18.1 Å². The molecule has 0 N–H and O–H groups in total. The zero-order chi connectivity index (χ0) is 19.2. The summed E-state index contributed by atoms with van der Waals surface area (Å²) in [4.78, 5) is 11.7. The molecule has 6 nitrogen and oxygen atoms in total. The van der Waals surface area contributed by atoms with Crippen molar-refractivity contribution in [2.45, 2.75) is 26.2 Å². The monoisotopic (exact) mass is 372 g/mol. The summed E-state index contributed by atoms with van der Waals surface area (Å²) < 4.78 is 27.0. The number of rotatable bonds is 8. The minimum Gasteiger partial charge on any atom is -0.497 e. The number of carbonyl (C=O) groups is 1. The minimum absolute atomic E-state index is 0.0719. The van der Waals surface area contributed by atoms with E-state index in [1.54, 1.807) is 20.1 Å². The third-order valence-corrected chi connectivity index (χ3v) is 4.46. The summed E-state index contributed by atoms with van der Waals surface area (Å²) in [5.41, 5.74) is 2.06. The lowest BCUT2D eigenvalue weighted by atomic mass is 9.88. The molecule has 0 aliphatic carbocycles. The highest BCUT2D eigenvalue weighted by Crippen LogP contribution is 2.43. The lowest BCUT2D eigenvalue weighted by Crippen LogP contribution is -2.16. The number of hydrogen-bond acceptors (Lipinski definition) is 6. The summed E-state index contributed by atoms with van der Waals surface area (Å²) in [5.74, 6) is 2.36. The van der Waals surface area contributed by atoms with Crippen molar-refractivity contribution in [2.75, 3.05) is 27.1 Å². The van der Waals surface area contributed by atoms with Gasteiger partial charge in [0, 0.05) is 17.5 Å². The van der Waals surface area contributed by atoms with E-state index in [4.69, 9.17) is 23.7 Å². The van der Waals surface area contributed by atoms with Crippen LogP contribution < -0.4 is 18.9 Å². The molecule has 0 aromatic heterocycles. The van der Waals surface area contributed by atoms with Gasteiger partial charge in [-0.3, -0.25) is 0 Å². The van der Waals surface area contributed by atoms with Crippen LogP contribution in [-0.2, 0) is 9.53 Å². The Kier molecular flexibility index (Phi) is 6.06. The molecule has 0 radical (unpaired) electrons. The Bertz CT molecular complexity index is 784. The van der Waals surface area contributed by atoms with Gasteiger partial charge in [0.2, 0.25) is 6.79 Å². The molecule has 3 rings (SSSR count). The van der Waals surface area contributed by atoms with Crippen LogP contribution in [-0.4, -0.2) is 33.1 Å². The average molecular weight is 372 g/mol. The molecule has 0 spiro atoms. The van der Waals surface area contributed by atoms with E-state index in [2.05, 4.69) is 6.92 Å². The summed E-state index contributed by atoms with van der Waals surface area (Å²) in [7, 11) is 1.64. The number of benzene rings is 2. The molecule has 0 saturated heterocycles. The van der Waals surface area contributed by atoms with E-state index in [1.165, 1.54) is 0 Å². The molecule has 6 heteroatoms. The lowest BCUT2D eigenvalue weighted by Gasteiger charge is -2.20. The minimum atomic E-state index is -0.404. The van der Waals surface area contributed by atoms with Gasteiger partial charge in [0.1, 0.15) is 11.5 Å². The number of esters is 1. The van der Waals surface area contributed by atoms with Gasteiger partial charge in [-0.25, -0.2) is 4.79 Å². The highest BCUT2D eigenvalue weighted by atomic mass is 16.7. The Morgan fingerprint density at radius 3 is 2.44 bits per heavy atom. The number of ether oxygens (including phenoxy) is 5. The SMILES string of the molecule is CCOC(=O)COc1cc2c(cc1[C@@H](CC)c1ccc(OC)cc1)OCO2. The second-order valence-corrected chi connectivity index (χ2v) is 6.07. The fourth-order valence-electron chi connectivity index (χ4n) is 3.15. The van der Waals surface area contributed by atoms with Gasteiger partial charge < -0.3 is 23.7 Å². The molecular weight excluding hydrogens is 348 g/mol. The maximum Gasteiger partial charge on any atom is 0.344 e. The number of methoxy groups -OCH3 is 1. The van der Waals surface area contributed by atoms with Crippen LogP contribution in [0.3, 0.4) is 0 Å². The highest BCUT2D eigenvalue weighted by molar-refractivity contribution is 5.71. The van der Waals surface area contributed by atoms with Crippen molar-refractivity contribution >= 4 is 5.97 Å². The first kappa shape index (κ1) is 18.9. The van der Waals surface area contributed by atoms with Crippen LogP contribution in [0.4, 0.5) is 0 Å². The first-order valence-corrected chi connectivity index (χ1v) is 9.02. The largest absolute Gasteiger partial charge is 0.497 e. The van der Waals surface area contributed by atoms with Crippen molar-refractivity contribution in [3.63, 3.8) is 0 Å². The summed E-state index contributed by atoms with van der Waals surface area (Å²) in [6.07, 6.45) is 0.849. The third-order valence-electron chi connectivity index (χ3n) is 4.46. The van der Waals surface area contributed by atoms with Crippen molar-refractivity contribution in [1.29, 1.82) is 0 Å². The normalized spacial score (nSPS) is 13.1. The number of fused-ring (bicyclic) bond motifs is 1. The Balaban J connectivity index is 1.93. The second kappa shape index (κ2) is 8.66. The van der Waals surface area contributed by atoms with Gasteiger partial charge in [0.05, 0.1) is 13.7 Å². The number of hydrogen-bond donors (Lipinski definition) is 0. The zero-order valence-electron chi connectivity index (χ0n) is 15.8. The molecule has 1 atom stereocenters. The maximum atomic E-state index is 11.7. The van der Waals surface area contributed by atoms with Crippen LogP contribution in [0.5, 0.6) is 23.0 Å². The summed E-state index contributed by atoms with van der Waals surface area (Å²) in [6, 6.07) is 11.7. The zero-order valence-corrected chi connectivity index (χ0v) is 15.8. The fraction of sp³-hybridized carbons (Fsp3) is 0.381. The fourth-order valence-corrected chi connectivity index (χ4v) is 3.15. The first-order valence-electron chi connectivity index (χ1n) is 9.02. The Morgan fingerprint density at radius 1 is 1.11 bits per heavy atom. The smallest absolute Gasteiger partial charge is 0.344 e. The van der Waals surface area contributed by atoms with E-state index in [9.17, 15) is 4.79 Å². The van der Waals surface area contributed by atoms with Crippen LogP contribution in [0.15, 0.2) is 36.4 Å². The van der Waals surface area contributed by atoms with Crippen molar-refractivity contribution in [2.24, 2.45) is 0 Å². The Labute approximate surface area is 158 Å². The average Bonchev–Trinajstić information content (AvgIpc) is 3.15. The van der Waals surface area contributed by atoms with Gasteiger partial charge >= 0.3 is 5.97 Å². The van der Waals surface area contributed by atoms with Crippen LogP contribution in [0.1, 0.15) is 37.3 Å². The van der Waals surface area contributed by atoms with Gasteiger partial charge in [-0.2, -0.15) is 0 Å². The van der Waals surface area contributed by atoms with Crippen molar-refractivity contribution in [1.82, 2.24) is 0 Å². The van der Waals surface area contributed by atoms with E-state index in [-0.39, 0.29) is 19.3 Å². The molecular formula is C21H24O6. The highest BCUT2D eigenvalue weighted by Gasteiger charge is 2.24. The quantitative estimate of drug-likeness (QED) is 0.655. The molecule has 0 bridgehead atoms. The summed E-state index contributed by atoms with van der Waals surface area (Å²) in [5, 5.41) is 0. The molecule has 0 amide bonds. The van der Waals surface area contributed by atoms with Crippen molar-refractivity contribution in [3.05, 3.63) is 47.5 Å². The standard InChI is InChI=1S/C21H24O6/c1-4-16(14-6-8-15(23-3)9-7-14)17-10-19-20(27-13-26-19)11-18(17)25-12-21(22)24-5-2/h6-11,16H,4-5,12-13H2,1-3H3/t16-/m0/s1. The van der Waals surface area contributed by atoms with Gasteiger partial charge in [-0.15, -0.1) is 0 Å². The van der Waals surface area contributed by atoms with E-state index >= 15 is 0 Å². The molecule has 1 heterocycles. The topological polar surface area (TPSA) is 63.2 Å². The molecule has 2 aromatic carbocycles. The van der Waals surface area contributed by atoms with Crippen LogP contribution in [0.25, 0.3) is 0 Å². The van der Waals surface area contributed by atoms with Crippen LogP contribution >= 0.6 is 0 Å². The number of carbonyl (C=O) groups excluding carboxylic acids is 1. The van der Waals surface area contributed by atoms with Crippen LogP contribution in [0.2, 0.25) is 0 Å². The summed E-state index contributed by atoms with van der Waals surface area (Å²) >= 11 is 0. The van der Waals surface area contributed by atoms with Gasteiger partial charge in [-0.05, 0) is 37.1 Å². The van der Waals surface area contributed by atoms with Crippen LogP contribution in [0, 0.1) is 0 Å². The molecule has 1 aliphatic rings. The molecule has 0 saturated carbocycles. The molecule has 2 aromatic rings. The van der Waals surface area contributed by atoms with E-state index in [1.807, 2.05) is 30.3 Å². The van der Waals surface area contributed by atoms with Gasteiger partial charge in [0.25, 0.3) is 0 Å². The Morgan fingerprint density at radius 2 is 1.81 bits per heavy atom. The second-order valence-electron chi connectivity index (χ2n) is 6.07. The molecule has 144 valence electrons. The maximum absolute atomic E-state index is 11.7. The third kappa shape index (κ3) is 4.27. The van der Waals surface area contributed by atoms with Crippen molar-refractivity contribution in [3.8, 4) is 23.0 Å². The molecule has 1 aliphatic heterocycles. The Hall–Kier alpha value is -2.89. The van der Waals surface area contributed by atoms with Gasteiger partial charge in [-0.1, -0.05) is 19.1 Å². The van der Waals surface area contributed by atoms with Crippen molar-refractivity contribution < 1.29 is 28.5 Å². The van der Waals surface area contributed by atoms with E-state index in [0.717, 1.165) is 23.3 Å². The molecule has 27 heavy (non-hydrogen) atoms. The predicted octanol–water partition coefficient (Wildman–Crippen LogP) is 3.91. The lowest BCUT2D eigenvalue weighted by molar-refractivity contribution is -0.145. The molecule has 0 unspecified atom stereocenters. The first-order chi connectivity index (χ1) is 13.2. The summed E-state index contributed by atoms with van der Waals surface area (Å²) in [6.45, 7) is 4.21. The predicted molar refractivity (Wildman–Crippen MR) is 99.8 cm³/mol. The molecule has 0 fully saturated rings.